The molecule has 4 nitrogen and oxygen atoms in total. The van der Waals surface area contributed by atoms with E-state index in [-0.39, 0.29) is 5.54 Å². The monoisotopic (exact) mass is 344 g/mol. The third-order valence-electron chi connectivity index (χ3n) is 1.96. The molecule has 0 aliphatic heterocycles. The van der Waals surface area contributed by atoms with Crippen molar-refractivity contribution in [3.63, 3.8) is 0 Å². The fourth-order valence-electron chi connectivity index (χ4n) is 1.14. The molecule has 0 bridgehead atoms. The van der Waals surface area contributed by atoms with E-state index in [1.54, 1.807) is 4.80 Å². The number of rotatable bonds is 1. The first-order chi connectivity index (χ1) is 8.07. The first kappa shape index (κ1) is 14.5. The SMILES string of the molecule is CC(C)(C)n1nnc(-c2[c-]cccc2)n1.[Zn+][Br]. The van der Waals surface area contributed by atoms with Crippen molar-refractivity contribution in [3.05, 3.63) is 30.3 Å². The average Bonchev–Trinajstić information content (AvgIpc) is 2.82. The van der Waals surface area contributed by atoms with Crippen LogP contribution in [-0.2, 0) is 21.9 Å². The van der Waals surface area contributed by atoms with Gasteiger partial charge in [-0.15, -0.1) is 35.9 Å². The second kappa shape index (κ2) is 6.36. The zero-order valence-electron chi connectivity index (χ0n) is 10.2. The van der Waals surface area contributed by atoms with Gasteiger partial charge in [0.15, 0.2) is 0 Å². The van der Waals surface area contributed by atoms with Crippen molar-refractivity contribution in [1.82, 2.24) is 20.2 Å². The number of hydrogen-bond acceptors (Lipinski definition) is 3. The van der Waals surface area contributed by atoms with E-state index in [9.17, 15) is 0 Å². The normalized spacial score (nSPS) is 10.7. The van der Waals surface area contributed by atoms with Crippen molar-refractivity contribution in [3.8, 4) is 11.4 Å². The van der Waals surface area contributed by atoms with Crippen LogP contribution in [0.3, 0.4) is 0 Å². The summed E-state index contributed by atoms with van der Waals surface area (Å²) >= 11 is 4.25. The summed E-state index contributed by atoms with van der Waals surface area (Å²) in [5.74, 6) is 0.616. The van der Waals surface area contributed by atoms with E-state index in [0.29, 0.717) is 5.82 Å². The molecule has 2 rings (SSSR count). The molecule has 0 radical (unpaired) electrons. The molecular formula is C11H13BrN4Zn. The molecule has 0 unspecified atom stereocenters. The molecule has 0 spiro atoms. The van der Waals surface area contributed by atoms with E-state index >= 15 is 0 Å². The van der Waals surface area contributed by atoms with E-state index < -0.39 is 0 Å². The Hall–Kier alpha value is -0.607. The van der Waals surface area contributed by atoms with Crippen molar-refractivity contribution in [1.29, 1.82) is 0 Å². The van der Waals surface area contributed by atoms with Gasteiger partial charge in [-0.1, -0.05) is 5.21 Å². The summed E-state index contributed by atoms with van der Waals surface area (Å²) in [4.78, 5) is 1.61. The van der Waals surface area contributed by atoms with Gasteiger partial charge in [-0.05, 0) is 20.8 Å². The van der Waals surface area contributed by atoms with Crippen LogP contribution in [0.15, 0.2) is 24.3 Å². The molecular weight excluding hydrogens is 333 g/mol. The molecule has 6 heteroatoms. The average molecular weight is 347 g/mol. The summed E-state index contributed by atoms with van der Waals surface area (Å²) in [6, 6.07) is 10.7. The van der Waals surface area contributed by atoms with Gasteiger partial charge in [-0.2, -0.15) is 15.0 Å². The summed E-state index contributed by atoms with van der Waals surface area (Å²) in [7, 11) is 0. The topological polar surface area (TPSA) is 43.6 Å². The fourth-order valence-corrected chi connectivity index (χ4v) is 1.14. The third kappa shape index (κ3) is 3.96. The van der Waals surface area contributed by atoms with E-state index in [0.717, 1.165) is 5.56 Å². The summed E-state index contributed by atoms with van der Waals surface area (Å²) in [6.07, 6.45) is 0. The van der Waals surface area contributed by atoms with Crippen LogP contribution < -0.4 is 0 Å². The van der Waals surface area contributed by atoms with Crippen molar-refractivity contribution >= 4 is 13.6 Å². The molecule has 0 fully saturated rings. The van der Waals surface area contributed by atoms with Crippen LogP contribution in [0.4, 0.5) is 0 Å². The molecule has 0 saturated carbocycles. The minimum absolute atomic E-state index is 0.139. The van der Waals surface area contributed by atoms with E-state index in [4.69, 9.17) is 0 Å². The zero-order chi connectivity index (χ0) is 12.9. The van der Waals surface area contributed by atoms with Crippen molar-refractivity contribution in [2.75, 3.05) is 0 Å². The van der Waals surface area contributed by atoms with Gasteiger partial charge in [0, 0.05) is 0 Å². The first-order valence-corrected chi connectivity index (χ1v) is 12.1. The Balaban J connectivity index is 0.000000686. The third-order valence-corrected chi connectivity index (χ3v) is 1.96. The first-order valence-electron chi connectivity index (χ1n) is 5.12. The van der Waals surface area contributed by atoms with E-state index in [1.807, 2.05) is 45.0 Å². The van der Waals surface area contributed by atoms with Crippen molar-refractivity contribution in [2.24, 2.45) is 0 Å². The molecule has 0 saturated heterocycles. The Morgan fingerprint density at radius 2 is 2.00 bits per heavy atom. The van der Waals surface area contributed by atoms with Gasteiger partial charge < -0.3 is 0 Å². The number of nitrogens with zero attached hydrogens (tertiary/aromatic N) is 4. The predicted molar refractivity (Wildman–Crippen MR) is 66.0 cm³/mol. The van der Waals surface area contributed by atoms with Crippen LogP contribution in [0.5, 0.6) is 0 Å². The van der Waals surface area contributed by atoms with Crippen LogP contribution >= 0.6 is 13.6 Å². The minimum atomic E-state index is -0.139. The quantitative estimate of drug-likeness (QED) is 0.589. The number of aromatic nitrogens is 4. The molecule has 2 aromatic rings. The molecule has 1 heterocycles. The fraction of sp³-hybridized carbons (Fsp3) is 0.364. The Labute approximate surface area is 118 Å². The molecule has 0 aliphatic carbocycles. The number of hydrogen-bond donors (Lipinski definition) is 0. The molecule has 1 aromatic carbocycles. The van der Waals surface area contributed by atoms with Gasteiger partial charge >= 0.3 is 30.0 Å². The molecule has 0 amide bonds. The molecule has 0 N–H and O–H groups in total. The van der Waals surface area contributed by atoms with Crippen LogP contribution in [0, 0.1) is 6.07 Å². The van der Waals surface area contributed by atoms with Gasteiger partial charge in [-0.3, -0.25) is 0 Å². The number of halogens is 1. The molecule has 0 aliphatic rings. The van der Waals surface area contributed by atoms with Crippen LogP contribution in [0.25, 0.3) is 11.4 Å². The zero-order valence-corrected chi connectivity index (χ0v) is 14.7. The van der Waals surface area contributed by atoms with Crippen LogP contribution in [0.2, 0.25) is 0 Å². The van der Waals surface area contributed by atoms with Gasteiger partial charge in [0.1, 0.15) is 5.82 Å². The Morgan fingerprint density at radius 3 is 2.47 bits per heavy atom. The summed E-state index contributed by atoms with van der Waals surface area (Å²) in [5, 5.41) is 12.3. The summed E-state index contributed by atoms with van der Waals surface area (Å²) in [5.41, 5.74) is 0.730. The number of tetrazole rings is 1. The number of benzene rings is 1. The Bertz CT molecular complexity index is 450. The Kier molecular flexibility index (Phi) is 5.41. The predicted octanol–water partition coefficient (Wildman–Crippen LogP) is 2.74. The maximum absolute atomic E-state index is 4.31. The second-order valence-corrected chi connectivity index (χ2v) is 4.35. The van der Waals surface area contributed by atoms with Gasteiger partial charge in [0.25, 0.3) is 0 Å². The van der Waals surface area contributed by atoms with E-state index in [2.05, 4.69) is 35.1 Å². The maximum atomic E-state index is 4.31. The van der Waals surface area contributed by atoms with Gasteiger partial charge in [-0.25, -0.2) is 0 Å². The van der Waals surface area contributed by atoms with Crippen molar-refractivity contribution < 1.29 is 16.3 Å². The second-order valence-electron chi connectivity index (χ2n) is 4.35. The van der Waals surface area contributed by atoms with Crippen LogP contribution in [-0.4, -0.2) is 20.2 Å². The van der Waals surface area contributed by atoms with Crippen molar-refractivity contribution in [2.45, 2.75) is 26.3 Å². The van der Waals surface area contributed by atoms with Gasteiger partial charge in [0.2, 0.25) is 0 Å². The van der Waals surface area contributed by atoms with E-state index in [1.165, 1.54) is 16.3 Å². The Morgan fingerprint density at radius 1 is 1.29 bits per heavy atom. The molecule has 86 valence electrons. The summed E-state index contributed by atoms with van der Waals surface area (Å²) in [6.45, 7) is 6.10. The standard InChI is InChI=1S/C11H13N4.BrH.Zn/c1-11(2,3)15-13-10(12-14-15)9-7-5-4-6-8-9;;/h4-7H,1-3H3;1H;/q-1;;+2/p-1. The molecule has 1 aromatic heterocycles. The van der Waals surface area contributed by atoms with Gasteiger partial charge in [0.05, 0.1) is 5.54 Å². The molecule has 0 atom stereocenters. The summed E-state index contributed by atoms with van der Waals surface area (Å²) < 4.78 is 0. The molecule has 17 heavy (non-hydrogen) atoms. The van der Waals surface area contributed by atoms with Crippen LogP contribution in [0.1, 0.15) is 20.8 Å².